The van der Waals surface area contributed by atoms with Crippen molar-refractivity contribution in [2.24, 2.45) is 0 Å². The minimum atomic E-state index is -0.126. The van der Waals surface area contributed by atoms with Gasteiger partial charge in [0.25, 0.3) is 5.91 Å². The Kier molecular flexibility index (Phi) is 8.61. The summed E-state index contributed by atoms with van der Waals surface area (Å²) >= 11 is 7.80. The first-order valence-electron chi connectivity index (χ1n) is 11.6. The highest BCUT2D eigenvalue weighted by molar-refractivity contribution is 7.22. The molecule has 1 fully saturated rings. The summed E-state index contributed by atoms with van der Waals surface area (Å²) in [6, 6.07) is 11.1. The highest BCUT2D eigenvalue weighted by Crippen LogP contribution is 2.33. The van der Waals surface area contributed by atoms with Gasteiger partial charge in [-0.25, -0.2) is 4.98 Å². The molecule has 0 spiro atoms. The van der Waals surface area contributed by atoms with E-state index in [0.29, 0.717) is 29.1 Å². The SMILES string of the molecule is CCOc1ccc(OCC(=O)N(CCCN2CCOCC2)c2nc3c(C)c(Cl)ccc3s2)cc1. The molecule has 1 amide bonds. The number of aromatic nitrogens is 1. The highest BCUT2D eigenvalue weighted by Gasteiger charge is 2.22. The molecular weight excluding hydrogens is 474 g/mol. The van der Waals surface area contributed by atoms with Gasteiger partial charge >= 0.3 is 0 Å². The predicted molar refractivity (Wildman–Crippen MR) is 137 cm³/mol. The Morgan fingerprint density at radius 3 is 2.56 bits per heavy atom. The molecule has 4 rings (SSSR count). The number of morpholine rings is 1. The summed E-state index contributed by atoms with van der Waals surface area (Å²) in [5.41, 5.74) is 1.76. The Morgan fingerprint density at radius 2 is 1.85 bits per heavy atom. The lowest BCUT2D eigenvalue weighted by Gasteiger charge is -2.27. The van der Waals surface area contributed by atoms with Crippen LogP contribution < -0.4 is 14.4 Å². The number of ether oxygens (including phenoxy) is 3. The topological polar surface area (TPSA) is 64.1 Å². The van der Waals surface area contributed by atoms with Crippen molar-refractivity contribution in [3.05, 3.63) is 47.0 Å². The van der Waals surface area contributed by atoms with Crippen molar-refractivity contribution in [2.45, 2.75) is 20.3 Å². The van der Waals surface area contributed by atoms with Crippen LogP contribution in [0.1, 0.15) is 18.9 Å². The third kappa shape index (κ3) is 6.18. The number of carbonyl (C=O) groups is 1. The van der Waals surface area contributed by atoms with E-state index in [1.807, 2.05) is 50.2 Å². The summed E-state index contributed by atoms with van der Waals surface area (Å²) in [6.07, 6.45) is 0.838. The number of thiazole rings is 1. The number of anilines is 1. The third-order valence-electron chi connectivity index (χ3n) is 5.73. The van der Waals surface area contributed by atoms with Gasteiger partial charge < -0.3 is 14.2 Å². The molecule has 0 bridgehead atoms. The molecule has 2 heterocycles. The maximum atomic E-state index is 13.3. The van der Waals surface area contributed by atoms with E-state index >= 15 is 0 Å². The van der Waals surface area contributed by atoms with Crippen LogP contribution in [0.3, 0.4) is 0 Å². The van der Waals surface area contributed by atoms with Gasteiger partial charge in [0.1, 0.15) is 11.5 Å². The van der Waals surface area contributed by atoms with Crippen LogP contribution in [0, 0.1) is 6.92 Å². The van der Waals surface area contributed by atoms with Gasteiger partial charge in [0.05, 0.1) is 30.0 Å². The zero-order valence-corrected chi connectivity index (χ0v) is 21.2. The molecule has 0 saturated carbocycles. The summed E-state index contributed by atoms with van der Waals surface area (Å²) < 4.78 is 17.7. The second kappa shape index (κ2) is 11.8. The molecule has 182 valence electrons. The van der Waals surface area contributed by atoms with Crippen LogP contribution in [-0.4, -0.2) is 68.4 Å². The predicted octanol–water partition coefficient (Wildman–Crippen LogP) is 4.79. The number of fused-ring (bicyclic) bond motifs is 1. The van der Waals surface area contributed by atoms with Crippen molar-refractivity contribution in [1.82, 2.24) is 9.88 Å². The van der Waals surface area contributed by atoms with Gasteiger partial charge in [-0.1, -0.05) is 22.9 Å². The number of hydrogen-bond donors (Lipinski definition) is 0. The normalized spacial score (nSPS) is 14.3. The number of aryl methyl sites for hydroxylation is 1. The summed E-state index contributed by atoms with van der Waals surface area (Å²) in [7, 11) is 0. The largest absolute Gasteiger partial charge is 0.494 e. The number of carbonyl (C=O) groups excluding carboxylic acids is 1. The molecule has 1 saturated heterocycles. The summed E-state index contributed by atoms with van der Waals surface area (Å²) in [5.74, 6) is 1.27. The lowest BCUT2D eigenvalue weighted by atomic mass is 10.2. The van der Waals surface area contributed by atoms with E-state index in [0.717, 1.165) is 60.8 Å². The maximum Gasteiger partial charge on any atom is 0.266 e. The first-order valence-corrected chi connectivity index (χ1v) is 12.8. The Labute approximate surface area is 209 Å². The molecule has 1 aliphatic rings. The van der Waals surface area contributed by atoms with Gasteiger partial charge in [0, 0.05) is 31.2 Å². The maximum absolute atomic E-state index is 13.3. The van der Waals surface area contributed by atoms with Crippen LogP contribution in [0.2, 0.25) is 5.02 Å². The fourth-order valence-electron chi connectivity index (χ4n) is 3.83. The number of hydrogen-bond acceptors (Lipinski definition) is 7. The second-order valence-electron chi connectivity index (χ2n) is 8.06. The van der Waals surface area contributed by atoms with E-state index in [1.54, 1.807) is 4.90 Å². The molecule has 1 aromatic heterocycles. The first-order chi connectivity index (χ1) is 16.5. The Balaban J connectivity index is 1.46. The summed E-state index contributed by atoms with van der Waals surface area (Å²) in [5, 5.41) is 1.34. The molecule has 0 radical (unpaired) electrons. The van der Waals surface area contributed by atoms with Gasteiger partial charge in [0.2, 0.25) is 0 Å². The number of amides is 1. The number of nitrogens with zero attached hydrogens (tertiary/aromatic N) is 3. The van der Waals surface area contributed by atoms with Crippen LogP contribution in [0.15, 0.2) is 36.4 Å². The van der Waals surface area contributed by atoms with E-state index in [4.69, 9.17) is 30.8 Å². The Morgan fingerprint density at radius 1 is 1.15 bits per heavy atom. The fourth-order valence-corrected chi connectivity index (χ4v) is 5.05. The van der Waals surface area contributed by atoms with Crippen LogP contribution in [-0.2, 0) is 9.53 Å². The van der Waals surface area contributed by atoms with Gasteiger partial charge in [-0.3, -0.25) is 14.6 Å². The quantitative estimate of drug-likeness (QED) is 0.396. The zero-order valence-electron chi connectivity index (χ0n) is 19.6. The van der Waals surface area contributed by atoms with E-state index in [2.05, 4.69) is 4.90 Å². The lowest BCUT2D eigenvalue weighted by Crippen LogP contribution is -2.40. The van der Waals surface area contributed by atoms with Crippen molar-refractivity contribution in [3.8, 4) is 11.5 Å². The molecule has 0 aliphatic carbocycles. The molecule has 0 unspecified atom stereocenters. The minimum Gasteiger partial charge on any atom is -0.494 e. The van der Waals surface area contributed by atoms with Gasteiger partial charge in [-0.15, -0.1) is 0 Å². The highest BCUT2D eigenvalue weighted by atomic mass is 35.5. The number of benzene rings is 2. The third-order valence-corrected chi connectivity index (χ3v) is 7.18. The fraction of sp³-hybridized carbons (Fsp3) is 0.440. The summed E-state index contributed by atoms with van der Waals surface area (Å²) in [4.78, 5) is 22.2. The summed E-state index contributed by atoms with van der Waals surface area (Å²) in [6.45, 7) is 9.26. The van der Waals surface area contributed by atoms with Crippen LogP contribution in [0.4, 0.5) is 5.13 Å². The van der Waals surface area contributed by atoms with Crippen LogP contribution in [0.25, 0.3) is 10.2 Å². The average Bonchev–Trinajstić information content (AvgIpc) is 3.29. The number of rotatable bonds is 10. The lowest BCUT2D eigenvalue weighted by molar-refractivity contribution is -0.120. The van der Waals surface area contributed by atoms with Crippen molar-refractivity contribution < 1.29 is 19.0 Å². The number of halogens is 1. The van der Waals surface area contributed by atoms with Crippen LogP contribution >= 0.6 is 22.9 Å². The molecule has 7 nitrogen and oxygen atoms in total. The molecule has 0 atom stereocenters. The molecule has 9 heteroatoms. The monoisotopic (exact) mass is 503 g/mol. The van der Waals surface area contributed by atoms with Gasteiger partial charge in [-0.2, -0.15) is 0 Å². The van der Waals surface area contributed by atoms with Gasteiger partial charge in [-0.05, 0) is 62.2 Å². The van der Waals surface area contributed by atoms with Crippen molar-refractivity contribution in [2.75, 3.05) is 57.5 Å². The molecular formula is C25H30ClN3O4S. The Hall–Kier alpha value is -2.39. The van der Waals surface area contributed by atoms with E-state index in [1.165, 1.54) is 11.3 Å². The smallest absolute Gasteiger partial charge is 0.266 e. The molecule has 34 heavy (non-hydrogen) atoms. The molecule has 2 aromatic carbocycles. The van der Waals surface area contributed by atoms with E-state index in [9.17, 15) is 4.79 Å². The van der Waals surface area contributed by atoms with E-state index < -0.39 is 0 Å². The van der Waals surface area contributed by atoms with Crippen molar-refractivity contribution in [3.63, 3.8) is 0 Å². The molecule has 1 aliphatic heterocycles. The average molecular weight is 504 g/mol. The molecule has 0 N–H and O–H groups in total. The van der Waals surface area contributed by atoms with Crippen LogP contribution in [0.5, 0.6) is 11.5 Å². The second-order valence-corrected chi connectivity index (χ2v) is 9.48. The Bertz CT molecular complexity index is 1100. The first kappa shape index (κ1) is 24.7. The van der Waals surface area contributed by atoms with Gasteiger partial charge in [0.15, 0.2) is 11.7 Å². The zero-order chi connectivity index (χ0) is 23.9. The standard InChI is InChI=1S/C25H30ClN3O4S/c1-3-32-19-5-7-20(8-6-19)33-17-23(30)29(12-4-11-28-13-15-31-16-14-28)25-27-24-18(2)21(26)9-10-22(24)34-25/h5-10H,3-4,11-17H2,1-2H3. The van der Waals surface area contributed by atoms with Crippen molar-refractivity contribution >= 4 is 44.2 Å². The molecule has 3 aromatic rings. The van der Waals surface area contributed by atoms with E-state index in [-0.39, 0.29) is 12.5 Å². The van der Waals surface area contributed by atoms with Crippen molar-refractivity contribution in [1.29, 1.82) is 0 Å². The minimum absolute atomic E-state index is 0.0683.